The Kier molecular flexibility index (Phi) is 4.37. The average molecular weight is 303 g/mol. The van der Waals surface area contributed by atoms with Gasteiger partial charge in [0, 0.05) is 24.3 Å². The molecule has 0 saturated heterocycles. The van der Waals surface area contributed by atoms with Gasteiger partial charge in [-0.3, -0.25) is 9.48 Å². The van der Waals surface area contributed by atoms with Crippen LogP contribution in [-0.4, -0.2) is 22.3 Å². The number of para-hydroxylation sites is 1. The van der Waals surface area contributed by atoms with Gasteiger partial charge in [0.2, 0.25) is 0 Å². The van der Waals surface area contributed by atoms with E-state index >= 15 is 0 Å². The Hall–Kier alpha value is -2.37. The highest BCUT2D eigenvalue weighted by Gasteiger charge is 2.15. The van der Waals surface area contributed by atoms with Crippen molar-refractivity contribution in [3.63, 3.8) is 0 Å². The van der Waals surface area contributed by atoms with Crippen molar-refractivity contribution >= 4 is 5.91 Å². The van der Waals surface area contributed by atoms with E-state index in [9.17, 15) is 9.18 Å². The molecular weight excluding hydrogens is 285 g/mol. The number of fused-ring (bicyclic) bond motifs is 1. The largest absolute Gasteiger partial charge is 0.481 e. The van der Waals surface area contributed by atoms with Crippen LogP contribution in [0.1, 0.15) is 24.1 Å². The van der Waals surface area contributed by atoms with E-state index in [0.29, 0.717) is 6.54 Å². The molecule has 0 radical (unpaired) electrons. The van der Waals surface area contributed by atoms with Crippen molar-refractivity contribution in [2.45, 2.75) is 32.4 Å². The normalized spacial score (nSPS) is 13.5. The van der Waals surface area contributed by atoms with Crippen molar-refractivity contribution in [1.82, 2.24) is 15.1 Å². The number of benzene rings is 1. The van der Waals surface area contributed by atoms with Gasteiger partial charge < -0.3 is 10.1 Å². The molecule has 6 heteroatoms. The first-order valence-electron chi connectivity index (χ1n) is 7.41. The quantitative estimate of drug-likeness (QED) is 0.920. The maximum atomic E-state index is 13.4. The van der Waals surface area contributed by atoms with Gasteiger partial charge >= 0.3 is 0 Å². The Bertz CT molecular complexity index is 669. The maximum absolute atomic E-state index is 13.4. The third kappa shape index (κ3) is 3.27. The first kappa shape index (κ1) is 14.6. The fourth-order valence-corrected chi connectivity index (χ4v) is 2.58. The number of halogens is 1. The van der Waals surface area contributed by atoms with Crippen molar-refractivity contribution in [1.29, 1.82) is 0 Å². The molecule has 2 aromatic rings. The lowest BCUT2D eigenvalue weighted by Gasteiger charge is -2.15. The third-order valence-corrected chi connectivity index (χ3v) is 3.74. The molecule has 0 aliphatic carbocycles. The number of hydrogen-bond donors (Lipinski definition) is 1. The number of amides is 1. The molecule has 1 aliphatic rings. The van der Waals surface area contributed by atoms with Gasteiger partial charge in [-0.25, -0.2) is 4.39 Å². The van der Waals surface area contributed by atoms with E-state index in [1.54, 1.807) is 18.3 Å². The fourth-order valence-electron chi connectivity index (χ4n) is 2.58. The van der Waals surface area contributed by atoms with Crippen LogP contribution in [0, 0.1) is 5.82 Å². The van der Waals surface area contributed by atoms with E-state index in [2.05, 4.69) is 10.4 Å². The molecule has 0 bridgehead atoms. The highest BCUT2D eigenvalue weighted by Crippen LogP contribution is 2.18. The lowest BCUT2D eigenvalue weighted by molar-refractivity contribution is -0.123. The summed E-state index contributed by atoms with van der Waals surface area (Å²) in [7, 11) is 0. The van der Waals surface area contributed by atoms with Crippen LogP contribution in [0.5, 0.6) is 5.75 Å². The molecule has 2 heterocycles. The predicted molar refractivity (Wildman–Crippen MR) is 78.9 cm³/mol. The molecule has 1 N–H and O–H groups in total. The molecule has 0 unspecified atom stereocenters. The second kappa shape index (κ2) is 6.60. The number of hydrogen-bond acceptors (Lipinski definition) is 3. The average Bonchev–Trinajstić information content (AvgIpc) is 2.95. The summed E-state index contributed by atoms with van der Waals surface area (Å²) < 4.78 is 20.5. The molecule has 1 aromatic heterocycles. The molecule has 22 heavy (non-hydrogen) atoms. The summed E-state index contributed by atoms with van der Waals surface area (Å²) in [5.41, 5.74) is 2.24. The Morgan fingerprint density at radius 1 is 1.36 bits per heavy atom. The van der Waals surface area contributed by atoms with Crippen molar-refractivity contribution in [2.75, 3.05) is 6.61 Å². The van der Waals surface area contributed by atoms with Crippen LogP contribution in [0.4, 0.5) is 4.39 Å². The van der Waals surface area contributed by atoms with Crippen LogP contribution >= 0.6 is 0 Å². The number of ether oxygens (including phenoxy) is 1. The first-order chi connectivity index (χ1) is 10.7. The highest BCUT2D eigenvalue weighted by molar-refractivity contribution is 5.77. The van der Waals surface area contributed by atoms with Gasteiger partial charge in [0.1, 0.15) is 0 Å². The first-order valence-corrected chi connectivity index (χ1v) is 7.41. The van der Waals surface area contributed by atoms with Crippen LogP contribution in [0.3, 0.4) is 0 Å². The van der Waals surface area contributed by atoms with E-state index in [1.165, 1.54) is 17.8 Å². The van der Waals surface area contributed by atoms with Gasteiger partial charge in [-0.15, -0.1) is 0 Å². The second-order valence-electron chi connectivity index (χ2n) is 5.29. The Morgan fingerprint density at radius 3 is 3.09 bits per heavy atom. The number of nitrogens with zero attached hydrogens (tertiary/aromatic N) is 2. The predicted octanol–water partition coefficient (Wildman–Crippen LogP) is 2.05. The van der Waals surface area contributed by atoms with E-state index < -0.39 is 5.82 Å². The maximum Gasteiger partial charge on any atom is 0.258 e. The molecular formula is C16H18FN3O2. The van der Waals surface area contributed by atoms with Gasteiger partial charge in [-0.1, -0.05) is 12.1 Å². The zero-order chi connectivity index (χ0) is 15.4. The Morgan fingerprint density at radius 2 is 2.23 bits per heavy atom. The second-order valence-corrected chi connectivity index (χ2v) is 5.29. The number of rotatable bonds is 5. The topological polar surface area (TPSA) is 56.1 Å². The molecule has 0 atom stereocenters. The molecule has 1 aromatic carbocycles. The number of aromatic nitrogens is 2. The summed E-state index contributed by atoms with van der Waals surface area (Å²) in [5.74, 6) is -0.666. The Balaban J connectivity index is 1.50. The monoisotopic (exact) mass is 303 g/mol. The number of carbonyl (C=O) groups excluding carboxylic acids is 1. The minimum absolute atomic E-state index is 0.0839. The fraction of sp³-hybridized carbons (Fsp3) is 0.375. The lowest BCUT2D eigenvalue weighted by atomic mass is 10.1. The number of aryl methyl sites for hydroxylation is 1. The van der Waals surface area contributed by atoms with Crippen LogP contribution in [0.25, 0.3) is 0 Å². The highest BCUT2D eigenvalue weighted by atomic mass is 19.1. The molecule has 0 saturated carbocycles. The van der Waals surface area contributed by atoms with Crippen molar-refractivity contribution in [3.8, 4) is 5.75 Å². The molecule has 116 valence electrons. The lowest BCUT2D eigenvalue weighted by Crippen LogP contribution is -2.29. The SMILES string of the molecule is O=C(COc1ccccc1F)NCc1cnn2c1CCCC2. The van der Waals surface area contributed by atoms with Gasteiger partial charge in [-0.2, -0.15) is 5.10 Å². The number of nitrogens with one attached hydrogen (secondary N) is 1. The third-order valence-electron chi connectivity index (χ3n) is 3.74. The van der Waals surface area contributed by atoms with Crippen LogP contribution < -0.4 is 10.1 Å². The standard InChI is InChI=1S/C16H18FN3O2/c17-13-5-1-2-7-15(13)22-11-16(21)18-9-12-10-19-20-8-4-3-6-14(12)20/h1-2,5,7,10H,3-4,6,8-9,11H2,(H,18,21). The van der Waals surface area contributed by atoms with Crippen molar-refractivity contribution in [2.24, 2.45) is 0 Å². The van der Waals surface area contributed by atoms with Crippen molar-refractivity contribution in [3.05, 3.63) is 47.5 Å². The van der Waals surface area contributed by atoms with E-state index in [4.69, 9.17) is 4.74 Å². The summed E-state index contributed by atoms with van der Waals surface area (Å²) in [6.45, 7) is 1.17. The van der Waals surface area contributed by atoms with Crippen LogP contribution in [0.15, 0.2) is 30.5 Å². The summed E-state index contributed by atoms with van der Waals surface area (Å²) in [4.78, 5) is 11.8. The summed E-state index contributed by atoms with van der Waals surface area (Å²) >= 11 is 0. The Labute approximate surface area is 128 Å². The summed E-state index contributed by atoms with van der Waals surface area (Å²) in [6.07, 6.45) is 5.11. The van der Waals surface area contributed by atoms with E-state index in [-0.39, 0.29) is 18.3 Å². The molecule has 3 rings (SSSR count). The number of carbonyl (C=O) groups is 1. The minimum atomic E-state index is -0.471. The summed E-state index contributed by atoms with van der Waals surface area (Å²) in [5, 5.41) is 7.11. The zero-order valence-electron chi connectivity index (χ0n) is 12.2. The zero-order valence-corrected chi connectivity index (χ0v) is 12.2. The van der Waals surface area contributed by atoms with Crippen molar-refractivity contribution < 1.29 is 13.9 Å². The minimum Gasteiger partial charge on any atom is -0.481 e. The molecule has 1 aliphatic heterocycles. The smallest absolute Gasteiger partial charge is 0.258 e. The van der Waals surface area contributed by atoms with E-state index in [0.717, 1.165) is 31.4 Å². The molecule has 1 amide bonds. The summed E-state index contributed by atoms with van der Waals surface area (Å²) in [6, 6.07) is 6.03. The van der Waals surface area contributed by atoms with Crippen LogP contribution in [0.2, 0.25) is 0 Å². The van der Waals surface area contributed by atoms with Gasteiger partial charge in [0.05, 0.1) is 6.20 Å². The van der Waals surface area contributed by atoms with Crippen LogP contribution in [-0.2, 0) is 24.3 Å². The van der Waals surface area contributed by atoms with Gasteiger partial charge in [0.25, 0.3) is 5.91 Å². The van der Waals surface area contributed by atoms with Gasteiger partial charge in [-0.05, 0) is 31.4 Å². The molecule has 0 spiro atoms. The van der Waals surface area contributed by atoms with E-state index in [1.807, 2.05) is 4.68 Å². The molecule has 5 nitrogen and oxygen atoms in total. The molecule has 0 fully saturated rings. The van der Waals surface area contributed by atoms with Gasteiger partial charge in [0.15, 0.2) is 18.2 Å².